The molecule has 2 heterocycles. The van der Waals surface area contributed by atoms with Crippen LogP contribution < -0.4 is 11.1 Å². The van der Waals surface area contributed by atoms with Crippen LogP contribution in [0.15, 0.2) is 54.6 Å². The third kappa shape index (κ3) is 10.4. The van der Waals surface area contributed by atoms with E-state index in [1.807, 2.05) is 49.4 Å². The Labute approximate surface area is 301 Å². The number of carbonyl (C=O) groups excluding carboxylic acids is 4. The highest BCUT2D eigenvalue weighted by Gasteiger charge is 2.42. The van der Waals surface area contributed by atoms with Gasteiger partial charge in [0.05, 0.1) is 11.8 Å². The molecule has 2 aliphatic rings. The van der Waals surface area contributed by atoms with Gasteiger partial charge in [0.25, 0.3) is 0 Å². The van der Waals surface area contributed by atoms with Crippen molar-refractivity contribution in [1.29, 1.82) is 5.41 Å². The van der Waals surface area contributed by atoms with Crippen molar-refractivity contribution >= 4 is 39.7 Å². The van der Waals surface area contributed by atoms with Gasteiger partial charge in [0.1, 0.15) is 18.2 Å². The number of nitrogens with one attached hydrogen (secondary N) is 2. The molecule has 2 saturated heterocycles. The lowest BCUT2D eigenvalue weighted by Crippen LogP contribution is -2.56. The second kappa shape index (κ2) is 16.8. The molecule has 0 bridgehead atoms. The molecule has 51 heavy (non-hydrogen) atoms. The van der Waals surface area contributed by atoms with Gasteiger partial charge in [-0.15, -0.1) is 0 Å². The van der Waals surface area contributed by atoms with Crippen LogP contribution in [-0.2, 0) is 35.6 Å². The van der Waals surface area contributed by atoms with E-state index in [9.17, 15) is 27.6 Å². The summed E-state index contributed by atoms with van der Waals surface area (Å²) >= 11 is 0. The number of esters is 1. The van der Waals surface area contributed by atoms with Crippen molar-refractivity contribution in [2.75, 3.05) is 32.4 Å². The van der Waals surface area contributed by atoms with Gasteiger partial charge >= 0.3 is 5.97 Å². The number of primary amides is 1. The van der Waals surface area contributed by atoms with Gasteiger partial charge in [0.2, 0.25) is 27.7 Å². The number of piperidine rings is 1. The van der Waals surface area contributed by atoms with E-state index in [-0.39, 0.29) is 37.2 Å². The normalized spacial score (nSPS) is 18.3. The maximum Gasteiger partial charge on any atom is 0.338 e. The van der Waals surface area contributed by atoms with Crippen molar-refractivity contribution in [2.24, 2.45) is 17.1 Å². The topological polar surface area (TPSA) is 183 Å². The number of likely N-dealkylation sites (tertiary alicyclic amines) is 2. The van der Waals surface area contributed by atoms with E-state index in [4.69, 9.17) is 15.9 Å². The van der Waals surface area contributed by atoms with Crippen molar-refractivity contribution in [1.82, 2.24) is 19.4 Å². The number of ether oxygens (including phenoxy) is 1. The number of sulfonamides is 1. The lowest BCUT2D eigenvalue weighted by atomic mass is 9.86. The van der Waals surface area contributed by atoms with E-state index >= 15 is 0 Å². The Morgan fingerprint density at radius 3 is 2.25 bits per heavy atom. The van der Waals surface area contributed by atoms with E-state index in [0.29, 0.717) is 50.9 Å². The molecular weight excluding hydrogens is 673 g/mol. The molecule has 1 unspecified atom stereocenters. The predicted octanol–water partition coefficient (Wildman–Crippen LogP) is 3.07. The lowest BCUT2D eigenvalue weighted by Gasteiger charge is -2.38. The third-order valence-electron chi connectivity index (χ3n) is 9.88. The van der Waals surface area contributed by atoms with Gasteiger partial charge < -0.3 is 20.3 Å². The molecular formula is C37H52N6O7S. The summed E-state index contributed by atoms with van der Waals surface area (Å²) in [5.41, 5.74) is 6.73. The fraction of sp³-hybridized carbons (Fsp3) is 0.541. The Hall–Kier alpha value is -4.30. The second-order valence-electron chi connectivity index (χ2n) is 14.5. The fourth-order valence-corrected chi connectivity index (χ4v) is 8.12. The molecule has 2 aromatic carbocycles. The molecule has 2 fully saturated rings. The molecule has 0 radical (unpaired) electrons. The number of nitrogens with two attached hydrogens (primary N) is 1. The summed E-state index contributed by atoms with van der Waals surface area (Å²) in [7, 11) is -3.87. The smallest absolute Gasteiger partial charge is 0.338 e. The zero-order valence-corrected chi connectivity index (χ0v) is 31.1. The van der Waals surface area contributed by atoms with Gasteiger partial charge in [0, 0.05) is 31.6 Å². The van der Waals surface area contributed by atoms with Crippen LogP contribution in [0.5, 0.6) is 0 Å². The van der Waals surface area contributed by atoms with Crippen LogP contribution in [0.4, 0.5) is 0 Å². The average Bonchev–Trinajstić information content (AvgIpc) is 3.57. The van der Waals surface area contributed by atoms with E-state index in [0.717, 1.165) is 17.4 Å². The van der Waals surface area contributed by atoms with Crippen LogP contribution in [0.25, 0.3) is 0 Å². The zero-order chi connectivity index (χ0) is 37.5. The summed E-state index contributed by atoms with van der Waals surface area (Å²) in [5.74, 6) is -2.05. The second-order valence-corrected chi connectivity index (χ2v) is 16.4. The van der Waals surface area contributed by atoms with Gasteiger partial charge in [-0.1, -0.05) is 62.4 Å². The van der Waals surface area contributed by atoms with Gasteiger partial charge in [-0.3, -0.25) is 25.1 Å². The van der Waals surface area contributed by atoms with E-state index in [2.05, 4.69) is 5.32 Å². The summed E-state index contributed by atoms with van der Waals surface area (Å²) in [6, 6.07) is 14.5. The highest BCUT2D eigenvalue weighted by molar-refractivity contribution is 7.88. The van der Waals surface area contributed by atoms with Gasteiger partial charge in [-0.2, -0.15) is 4.31 Å². The number of nitrogens with zero attached hydrogens (tertiary/aromatic N) is 3. The Bertz CT molecular complexity index is 1690. The molecule has 4 N–H and O–H groups in total. The average molecular weight is 725 g/mol. The maximum atomic E-state index is 14.0. The number of amides is 3. The van der Waals surface area contributed by atoms with Crippen LogP contribution in [-0.4, -0.2) is 103 Å². The molecule has 0 aliphatic carbocycles. The number of carbonyl (C=O) groups is 4. The van der Waals surface area contributed by atoms with Crippen molar-refractivity contribution in [2.45, 2.75) is 84.4 Å². The number of guanidine groups is 1. The van der Waals surface area contributed by atoms with E-state index in [1.165, 1.54) is 9.21 Å². The first-order chi connectivity index (χ1) is 24.0. The Morgan fingerprint density at radius 2 is 1.65 bits per heavy atom. The first kappa shape index (κ1) is 39.5. The Morgan fingerprint density at radius 1 is 1.02 bits per heavy atom. The first-order valence-corrected chi connectivity index (χ1v) is 19.3. The van der Waals surface area contributed by atoms with Crippen molar-refractivity contribution in [3.63, 3.8) is 0 Å². The van der Waals surface area contributed by atoms with Gasteiger partial charge in [0.15, 0.2) is 5.96 Å². The molecule has 0 saturated carbocycles. The molecule has 2 aliphatic heterocycles. The monoisotopic (exact) mass is 724 g/mol. The standard InChI is InChI=1S/C37H52N6O7S/c1-25-12-9-10-15-29(25)34(46)50-26(2)23-37(3,4)35(47)40-36(39)41-20-17-28(18-21-41)24-43(51(5,48)49)31(22-27-13-7-6-8-14-27)33(45)42-19-11-16-30(42)32(38)44/h6-10,12-15,26,28,30-31H,11,16-24H2,1-5H3,(H2,38,44)(H2,39,40,47)/t26?,30-,31+/m0/s1. The molecule has 0 aromatic heterocycles. The highest BCUT2D eigenvalue weighted by Crippen LogP contribution is 2.28. The molecule has 278 valence electrons. The van der Waals surface area contributed by atoms with E-state index in [1.54, 1.807) is 37.8 Å². The minimum atomic E-state index is -3.87. The SMILES string of the molecule is Cc1ccccc1C(=O)OC(C)CC(C)(C)C(=O)NC(=N)N1CCC(CN([C@H](Cc2ccccc2)C(=O)N2CCC[C@H]2C(N)=O)S(C)(=O)=O)CC1. The van der Waals surface area contributed by atoms with Crippen LogP contribution >= 0.6 is 0 Å². The summed E-state index contributed by atoms with van der Waals surface area (Å²) in [5, 5.41) is 11.4. The maximum absolute atomic E-state index is 14.0. The minimum absolute atomic E-state index is 0.0558. The number of hydrogen-bond donors (Lipinski definition) is 3. The Balaban J connectivity index is 1.37. The van der Waals surface area contributed by atoms with Gasteiger partial charge in [-0.05, 0) is 75.5 Å². The molecule has 4 rings (SSSR count). The summed E-state index contributed by atoms with van der Waals surface area (Å²) in [6.07, 6.45) is 3.03. The van der Waals surface area contributed by atoms with E-state index < -0.39 is 51.4 Å². The van der Waals surface area contributed by atoms with Crippen LogP contribution in [0, 0.1) is 23.7 Å². The highest BCUT2D eigenvalue weighted by atomic mass is 32.2. The molecule has 13 nitrogen and oxygen atoms in total. The quantitative estimate of drug-likeness (QED) is 0.160. The lowest BCUT2D eigenvalue weighted by molar-refractivity contribution is -0.140. The summed E-state index contributed by atoms with van der Waals surface area (Å²) < 4.78 is 33.5. The summed E-state index contributed by atoms with van der Waals surface area (Å²) in [6.45, 7) is 8.27. The van der Waals surface area contributed by atoms with Crippen molar-refractivity contribution < 1.29 is 32.3 Å². The van der Waals surface area contributed by atoms with Crippen molar-refractivity contribution in [3.05, 3.63) is 71.3 Å². The Kier molecular flexibility index (Phi) is 13.0. The molecule has 3 atom stereocenters. The van der Waals surface area contributed by atoms with Crippen molar-refractivity contribution in [3.8, 4) is 0 Å². The number of rotatable bonds is 13. The molecule has 0 spiro atoms. The fourth-order valence-electron chi connectivity index (χ4n) is 7.01. The zero-order valence-electron chi connectivity index (χ0n) is 30.3. The first-order valence-electron chi connectivity index (χ1n) is 17.5. The van der Waals surface area contributed by atoms with Crippen LogP contribution in [0.3, 0.4) is 0 Å². The number of hydrogen-bond acceptors (Lipinski definition) is 8. The minimum Gasteiger partial charge on any atom is -0.459 e. The van der Waals surface area contributed by atoms with Crippen LogP contribution in [0.1, 0.15) is 74.4 Å². The molecule has 14 heteroatoms. The van der Waals surface area contributed by atoms with Gasteiger partial charge in [-0.25, -0.2) is 13.2 Å². The molecule has 3 amide bonds. The predicted molar refractivity (Wildman–Crippen MR) is 194 cm³/mol. The molecule has 2 aromatic rings. The number of aryl methyl sites for hydroxylation is 1. The third-order valence-corrected chi connectivity index (χ3v) is 11.1. The largest absolute Gasteiger partial charge is 0.459 e. The summed E-state index contributed by atoms with van der Waals surface area (Å²) in [4.78, 5) is 55.3. The number of benzene rings is 2. The van der Waals surface area contributed by atoms with Crippen LogP contribution in [0.2, 0.25) is 0 Å².